The highest BCUT2D eigenvalue weighted by molar-refractivity contribution is 9.09. The Morgan fingerprint density at radius 1 is 1.26 bits per heavy atom. The van der Waals surface area contributed by atoms with Crippen LogP contribution in [-0.2, 0) is 6.42 Å². The van der Waals surface area contributed by atoms with Crippen molar-refractivity contribution in [3.05, 3.63) is 56.8 Å². The Balaban J connectivity index is 1.97. The van der Waals surface area contributed by atoms with E-state index in [1.165, 1.54) is 34.6 Å². The lowest BCUT2D eigenvalue weighted by Gasteiger charge is -2.29. The third-order valence-electron chi connectivity index (χ3n) is 4.15. The van der Waals surface area contributed by atoms with Gasteiger partial charge in [0, 0.05) is 20.5 Å². The number of rotatable bonds is 2. The molecule has 1 aliphatic rings. The summed E-state index contributed by atoms with van der Waals surface area (Å²) in [6.07, 6.45) is 3.85. The van der Waals surface area contributed by atoms with E-state index in [1.54, 1.807) is 11.1 Å². The summed E-state index contributed by atoms with van der Waals surface area (Å²) in [6.45, 7) is 4.45. The van der Waals surface area contributed by atoms with Gasteiger partial charge < -0.3 is 0 Å². The Bertz CT molecular complexity index is 585. The zero-order valence-electron chi connectivity index (χ0n) is 11.4. The van der Waals surface area contributed by atoms with Crippen LogP contribution in [0, 0.1) is 13.8 Å². The first-order valence-corrected chi connectivity index (χ1v) is 8.69. The summed E-state index contributed by atoms with van der Waals surface area (Å²) < 4.78 is 0. The van der Waals surface area contributed by atoms with Crippen molar-refractivity contribution in [3.63, 3.8) is 0 Å². The third-order valence-corrected chi connectivity index (χ3v) is 6.26. The van der Waals surface area contributed by atoms with Gasteiger partial charge in [0.15, 0.2) is 0 Å². The Morgan fingerprint density at radius 3 is 2.79 bits per heavy atom. The predicted molar refractivity (Wildman–Crippen MR) is 87.6 cm³/mol. The molecule has 3 rings (SSSR count). The van der Waals surface area contributed by atoms with Gasteiger partial charge in [-0.3, -0.25) is 0 Å². The van der Waals surface area contributed by atoms with Crippen molar-refractivity contribution in [1.82, 2.24) is 0 Å². The summed E-state index contributed by atoms with van der Waals surface area (Å²) in [6, 6.07) is 11.3. The van der Waals surface area contributed by atoms with Gasteiger partial charge >= 0.3 is 0 Å². The highest BCUT2D eigenvalue weighted by Crippen LogP contribution is 2.46. The fourth-order valence-electron chi connectivity index (χ4n) is 3.24. The Morgan fingerprint density at radius 2 is 2.05 bits per heavy atom. The average Bonchev–Trinajstić information content (AvgIpc) is 2.76. The largest absolute Gasteiger partial charge is 0.146 e. The van der Waals surface area contributed by atoms with Crippen molar-refractivity contribution in [2.75, 3.05) is 0 Å². The lowest BCUT2D eigenvalue weighted by molar-refractivity contribution is 0.547. The molecule has 0 N–H and O–H groups in total. The fraction of sp³-hybridized carbons (Fsp3) is 0.412. The van der Waals surface area contributed by atoms with E-state index in [0.29, 0.717) is 10.7 Å². The van der Waals surface area contributed by atoms with Gasteiger partial charge in [-0.05, 0) is 55.9 Å². The lowest BCUT2D eigenvalue weighted by atomic mass is 9.79. The molecule has 2 heteroatoms. The second kappa shape index (κ2) is 5.41. The average molecular weight is 335 g/mol. The predicted octanol–water partition coefficient (Wildman–Crippen LogP) is 5.92. The molecule has 100 valence electrons. The van der Waals surface area contributed by atoms with E-state index >= 15 is 0 Å². The van der Waals surface area contributed by atoms with E-state index in [9.17, 15) is 0 Å². The van der Waals surface area contributed by atoms with Gasteiger partial charge in [0.25, 0.3) is 0 Å². The summed E-state index contributed by atoms with van der Waals surface area (Å²) in [4.78, 5) is 3.34. The van der Waals surface area contributed by atoms with E-state index in [-0.39, 0.29) is 0 Å². The molecular weight excluding hydrogens is 316 g/mol. The molecule has 1 aromatic carbocycles. The molecule has 2 atom stereocenters. The standard InChI is InChI=1S/C17H19BrS/c1-11-10-16(12(2)19-11)17(18)15-9-5-7-13-6-3-4-8-14(13)15/h3-4,6,8,10,15,17H,5,7,9H2,1-2H3. The van der Waals surface area contributed by atoms with Crippen molar-refractivity contribution < 1.29 is 0 Å². The second-order valence-electron chi connectivity index (χ2n) is 5.47. The van der Waals surface area contributed by atoms with Crippen LogP contribution in [-0.4, -0.2) is 0 Å². The lowest BCUT2D eigenvalue weighted by Crippen LogP contribution is -2.14. The fourth-order valence-corrected chi connectivity index (χ4v) is 5.39. The Hall–Kier alpha value is -0.600. The number of fused-ring (bicyclic) bond motifs is 1. The van der Waals surface area contributed by atoms with Crippen LogP contribution < -0.4 is 0 Å². The van der Waals surface area contributed by atoms with Crippen molar-refractivity contribution in [2.24, 2.45) is 0 Å². The van der Waals surface area contributed by atoms with E-state index in [1.807, 2.05) is 11.3 Å². The Kier molecular flexibility index (Phi) is 3.81. The van der Waals surface area contributed by atoms with Crippen LogP contribution in [0.4, 0.5) is 0 Å². The maximum atomic E-state index is 3.99. The van der Waals surface area contributed by atoms with Crippen molar-refractivity contribution in [1.29, 1.82) is 0 Å². The van der Waals surface area contributed by atoms with Gasteiger partial charge in [0.2, 0.25) is 0 Å². The Labute approximate surface area is 128 Å². The zero-order chi connectivity index (χ0) is 13.4. The second-order valence-corrected chi connectivity index (χ2v) is 7.91. The van der Waals surface area contributed by atoms with Crippen LogP contribution in [0.2, 0.25) is 0 Å². The molecule has 0 saturated heterocycles. The minimum absolute atomic E-state index is 0.457. The van der Waals surface area contributed by atoms with Crippen LogP contribution in [0.1, 0.15) is 50.0 Å². The zero-order valence-corrected chi connectivity index (χ0v) is 13.9. The van der Waals surface area contributed by atoms with Gasteiger partial charge in [0.1, 0.15) is 0 Å². The molecule has 1 aromatic heterocycles. The van der Waals surface area contributed by atoms with Gasteiger partial charge in [-0.2, -0.15) is 0 Å². The molecule has 2 unspecified atom stereocenters. The topological polar surface area (TPSA) is 0 Å². The molecule has 0 nitrogen and oxygen atoms in total. The first kappa shape index (κ1) is 13.4. The highest BCUT2D eigenvalue weighted by atomic mass is 79.9. The maximum Gasteiger partial charge on any atom is 0.0474 e. The first-order chi connectivity index (χ1) is 9.16. The van der Waals surface area contributed by atoms with Crippen LogP contribution in [0.15, 0.2) is 30.3 Å². The summed E-state index contributed by atoms with van der Waals surface area (Å²) >= 11 is 5.90. The van der Waals surface area contributed by atoms with Crippen LogP contribution in [0.25, 0.3) is 0 Å². The summed E-state index contributed by atoms with van der Waals surface area (Å²) in [5.41, 5.74) is 4.59. The van der Waals surface area contributed by atoms with E-state index in [4.69, 9.17) is 0 Å². The molecule has 1 heterocycles. The number of aryl methyl sites for hydroxylation is 3. The molecule has 2 aromatic rings. The minimum Gasteiger partial charge on any atom is -0.146 e. The maximum absolute atomic E-state index is 3.99. The van der Waals surface area contributed by atoms with Gasteiger partial charge in [-0.1, -0.05) is 40.2 Å². The highest BCUT2D eigenvalue weighted by Gasteiger charge is 2.28. The summed E-state index contributed by atoms with van der Waals surface area (Å²) in [5, 5.41) is 0. The number of alkyl halides is 1. The molecule has 0 spiro atoms. The summed E-state index contributed by atoms with van der Waals surface area (Å²) in [7, 11) is 0. The number of hydrogen-bond acceptors (Lipinski definition) is 1. The van der Waals surface area contributed by atoms with Crippen LogP contribution >= 0.6 is 27.3 Å². The molecule has 19 heavy (non-hydrogen) atoms. The van der Waals surface area contributed by atoms with E-state index in [0.717, 1.165) is 0 Å². The normalized spacial score (nSPS) is 20.1. The summed E-state index contributed by atoms with van der Waals surface area (Å²) in [5.74, 6) is 0.623. The number of hydrogen-bond donors (Lipinski definition) is 0. The molecule has 0 saturated carbocycles. The molecule has 0 amide bonds. The number of benzene rings is 1. The smallest absolute Gasteiger partial charge is 0.0474 e. The van der Waals surface area contributed by atoms with Crippen molar-refractivity contribution >= 4 is 27.3 Å². The SMILES string of the molecule is Cc1cc(C(Br)C2CCCc3ccccc32)c(C)s1. The molecule has 0 aliphatic heterocycles. The number of halogens is 1. The van der Waals surface area contributed by atoms with Gasteiger partial charge in [-0.15, -0.1) is 11.3 Å². The van der Waals surface area contributed by atoms with Crippen molar-refractivity contribution in [2.45, 2.75) is 43.9 Å². The van der Waals surface area contributed by atoms with Crippen LogP contribution in [0.5, 0.6) is 0 Å². The molecule has 1 aliphatic carbocycles. The van der Waals surface area contributed by atoms with E-state index < -0.39 is 0 Å². The number of thiophene rings is 1. The molecule has 0 radical (unpaired) electrons. The first-order valence-electron chi connectivity index (χ1n) is 6.95. The third kappa shape index (κ3) is 2.53. The molecule has 0 fully saturated rings. The minimum atomic E-state index is 0.457. The van der Waals surface area contributed by atoms with Gasteiger partial charge in [-0.25, -0.2) is 0 Å². The van der Waals surface area contributed by atoms with E-state index in [2.05, 4.69) is 60.1 Å². The molecular formula is C17H19BrS. The monoisotopic (exact) mass is 334 g/mol. The van der Waals surface area contributed by atoms with Crippen LogP contribution in [0.3, 0.4) is 0 Å². The van der Waals surface area contributed by atoms with Gasteiger partial charge in [0.05, 0.1) is 0 Å². The quantitative estimate of drug-likeness (QED) is 0.598. The van der Waals surface area contributed by atoms with Crippen molar-refractivity contribution in [3.8, 4) is 0 Å². The molecule has 0 bridgehead atoms.